The zero-order valence-electron chi connectivity index (χ0n) is 10.3. The highest BCUT2D eigenvalue weighted by molar-refractivity contribution is 5.85. The van der Waals surface area contributed by atoms with Crippen molar-refractivity contribution < 1.29 is 9.90 Å². The van der Waals surface area contributed by atoms with E-state index in [4.69, 9.17) is 5.11 Å². The molecule has 0 aliphatic rings. The second-order valence-corrected chi connectivity index (χ2v) is 4.05. The van der Waals surface area contributed by atoms with Crippen molar-refractivity contribution in [3.63, 3.8) is 0 Å². The number of rotatable bonds is 3. The molecule has 18 heavy (non-hydrogen) atoms. The van der Waals surface area contributed by atoms with Gasteiger partial charge in [-0.05, 0) is 37.6 Å². The van der Waals surface area contributed by atoms with Gasteiger partial charge in [0.1, 0.15) is 0 Å². The van der Waals surface area contributed by atoms with Crippen LogP contribution >= 0.6 is 0 Å². The van der Waals surface area contributed by atoms with E-state index in [1.54, 1.807) is 12.4 Å². The molecule has 2 rings (SSSR count). The molecule has 0 aliphatic heterocycles. The first-order chi connectivity index (χ1) is 8.58. The standard InChI is InChI=1S/C14H14N2O2/c1-10-11(2)16(9-15-10)13-6-3-12(4-7-13)5-8-14(17)18/h3-9H,1-2H3,(H,17,18)/b8-5+. The largest absolute Gasteiger partial charge is 0.478 e. The Morgan fingerprint density at radius 3 is 2.44 bits per heavy atom. The fraction of sp³-hybridized carbons (Fsp3) is 0.143. The monoisotopic (exact) mass is 242 g/mol. The third-order valence-electron chi connectivity index (χ3n) is 2.84. The molecule has 0 bridgehead atoms. The van der Waals surface area contributed by atoms with Crippen LogP contribution in [0, 0.1) is 13.8 Å². The zero-order valence-corrected chi connectivity index (χ0v) is 10.3. The Bertz CT molecular complexity index is 595. The fourth-order valence-corrected chi connectivity index (χ4v) is 1.67. The fourth-order valence-electron chi connectivity index (χ4n) is 1.67. The highest BCUT2D eigenvalue weighted by Gasteiger charge is 2.03. The lowest BCUT2D eigenvalue weighted by molar-refractivity contribution is -0.131. The zero-order chi connectivity index (χ0) is 13.1. The molecular formula is C14H14N2O2. The first kappa shape index (κ1) is 12.1. The number of carbonyl (C=O) groups is 1. The van der Waals surface area contributed by atoms with Gasteiger partial charge in [-0.2, -0.15) is 0 Å². The van der Waals surface area contributed by atoms with E-state index in [1.807, 2.05) is 42.7 Å². The van der Waals surface area contributed by atoms with Gasteiger partial charge in [-0.1, -0.05) is 12.1 Å². The van der Waals surface area contributed by atoms with Crippen LogP contribution in [-0.2, 0) is 4.79 Å². The van der Waals surface area contributed by atoms with Gasteiger partial charge in [-0.3, -0.25) is 0 Å². The molecule has 0 saturated heterocycles. The van der Waals surface area contributed by atoms with Crippen LogP contribution in [0.5, 0.6) is 0 Å². The molecule has 2 aromatic rings. The molecule has 4 heteroatoms. The minimum absolute atomic E-state index is 0.857. The van der Waals surface area contributed by atoms with Crippen LogP contribution in [0.3, 0.4) is 0 Å². The summed E-state index contributed by atoms with van der Waals surface area (Å²) < 4.78 is 2.00. The Hall–Kier alpha value is -2.36. The maximum Gasteiger partial charge on any atom is 0.328 e. The van der Waals surface area contributed by atoms with E-state index < -0.39 is 5.97 Å². The smallest absolute Gasteiger partial charge is 0.328 e. The number of hydrogen-bond acceptors (Lipinski definition) is 2. The van der Waals surface area contributed by atoms with Gasteiger partial charge in [0.15, 0.2) is 0 Å². The molecule has 4 nitrogen and oxygen atoms in total. The van der Waals surface area contributed by atoms with Gasteiger partial charge in [0.2, 0.25) is 0 Å². The Morgan fingerprint density at radius 1 is 1.28 bits per heavy atom. The van der Waals surface area contributed by atoms with Crippen molar-refractivity contribution in [2.45, 2.75) is 13.8 Å². The summed E-state index contributed by atoms with van der Waals surface area (Å²) in [6.45, 7) is 3.98. The first-order valence-electron chi connectivity index (χ1n) is 5.60. The van der Waals surface area contributed by atoms with Gasteiger partial charge in [-0.15, -0.1) is 0 Å². The Balaban J connectivity index is 2.28. The Morgan fingerprint density at radius 2 is 1.94 bits per heavy atom. The Labute approximate surface area is 105 Å². The highest BCUT2D eigenvalue weighted by Crippen LogP contribution is 2.15. The second kappa shape index (κ2) is 4.87. The molecule has 92 valence electrons. The van der Waals surface area contributed by atoms with E-state index in [0.29, 0.717) is 0 Å². The lowest BCUT2D eigenvalue weighted by Gasteiger charge is -2.05. The number of aliphatic carboxylic acids is 1. The van der Waals surface area contributed by atoms with Gasteiger partial charge >= 0.3 is 5.97 Å². The SMILES string of the molecule is Cc1ncn(-c2ccc(/C=C/C(=O)O)cc2)c1C. The number of imidazole rings is 1. The average molecular weight is 242 g/mol. The molecule has 0 amide bonds. The molecule has 0 fully saturated rings. The average Bonchev–Trinajstić information content (AvgIpc) is 2.68. The molecule has 0 spiro atoms. The van der Waals surface area contributed by atoms with E-state index in [2.05, 4.69) is 4.98 Å². The van der Waals surface area contributed by atoms with Crippen molar-refractivity contribution in [1.29, 1.82) is 0 Å². The van der Waals surface area contributed by atoms with E-state index in [-0.39, 0.29) is 0 Å². The van der Waals surface area contributed by atoms with Crippen LogP contribution in [0.2, 0.25) is 0 Å². The van der Waals surface area contributed by atoms with Gasteiger partial charge in [0.05, 0.1) is 12.0 Å². The van der Waals surface area contributed by atoms with Gasteiger partial charge in [0.25, 0.3) is 0 Å². The third-order valence-corrected chi connectivity index (χ3v) is 2.84. The molecule has 1 N–H and O–H groups in total. The quantitative estimate of drug-likeness (QED) is 0.842. The summed E-state index contributed by atoms with van der Waals surface area (Å²) in [6.07, 6.45) is 4.48. The van der Waals surface area contributed by atoms with Crippen molar-refractivity contribution in [3.05, 3.63) is 53.6 Å². The van der Waals surface area contributed by atoms with Crippen molar-refractivity contribution in [2.24, 2.45) is 0 Å². The van der Waals surface area contributed by atoms with Gasteiger partial charge in [-0.25, -0.2) is 9.78 Å². The van der Waals surface area contributed by atoms with E-state index >= 15 is 0 Å². The molecule has 1 aromatic heterocycles. The lowest BCUT2D eigenvalue weighted by atomic mass is 10.2. The summed E-state index contributed by atoms with van der Waals surface area (Å²) in [5.74, 6) is -0.944. The number of carboxylic acid groups (broad SMARTS) is 1. The van der Waals surface area contributed by atoms with Crippen LogP contribution in [0.15, 0.2) is 36.7 Å². The molecule has 0 aliphatic carbocycles. The number of aromatic nitrogens is 2. The summed E-state index contributed by atoms with van der Waals surface area (Å²) in [6, 6.07) is 7.64. The molecule has 0 saturated carbocycles. The summed E-state index contributed by atoms with van der Waals surface area (Å²) in [4.78, 5) is 14.7. The second-order valence-electron chi connectivity index (χ2n) is 4.05. The van der Waals surface area contributed by atoms with Crippen molar-refractivity contribution in [3.8, 4) is 5.69 Å². The first-order valence-corrected chi connectivity index (χ1v) is 5.60. The predicted molar refractivity (Wildman–Crippen MR) is 69.7 cm³/mol. The summed E-state index contributed by atoms with van der Waals surface area (Å²) in [7, 11) is 0. The van der Waals surface area contributed by atoms with Crippen molar-refractivity contribution in [1.82, 2.24) is 9.55 Å². The maximum atomic E-state index is 10.4. The van der Waals surface area contributed by atoms with Crippen molar-refractivity contribution >= 4 is 12.0 Å². The van der Waals surface area contributed by atoms with Crippen molar-refractivity contribution in [2.75, 3.05) is 0 Å². The molecule has 1 heterocycles. The lowest BCUT2D eigenvalue weighted by Crippen LogP contribution is -1.95. The molecule has 0 radical (unpaired) electrons. The molecule has 0 unspecified atom stereocenters. The minimum Gasteiger partial charge on any atom is -0.478 e. The number of nitrogens with zero attached hydrogens (tertiary/aromatic N) is 2. The van der Waals surface area contributed by atoms with Gasteiger partial charge < -0.3 is 9.67 Å². The van der Waals surface area contributed by atoms with Crippen LogP contribution in [0.1, 0.15) is 17.0 Å². The van der Waals surface area contributed by atoms with Crippen LogP contribution in [-0.4, -0.2) is 20.6 Å². The molecule has 0 atom stereocenters. The summed E-state index contributed by atoms with van der Waals surface area (Å²) in [5.41, 5.74) is 3.98. The number of hydrogen-bond donors (Lipinski definition) is 1. The van der Waals surface area contributed by atoms with Crippen LogP contribution in [0.4, 0.5) is 0 Å². The topological polar surface area (TPSA) is 55.1 Å². The maximum absolute atomic E-state index is 10.4. The van der Waals surface area contributed by atoms with E-state index in [0.717, 1.165) is 28.7 Å². The normalized spacial score (nSPS) is 11.0. The number of benzene rings is 1. The third kappa shape index (κ3) is 2.48. The summed E-state index contributed by atoms with van der Waals surface area (Å²) >= 11 is 0. The summed E-state index contributed by atoms with van der Waals surface area (Å²) in [5, 5.41) is 8.55. The van der Waals surface area contributed by atoms with E-state index in [9.17, 15) is 4.79 Å². The number of aryl methyl sites for hydroxylation is 1. The molecular weight excluding hydrogens is 228 g/mol. The molecule has 1 aromatic carbocycles. The van der Waals surface area contributed by atoms with Crippen LogP contribution < -0.4 is 0 Å². The minimum atomic E-state index is -0.944. The highest BCUT2D eigenvalue weighted by atomic mass is 16.4. The van der Waals surface area contributed by atoms with Gasteiger partial charge in [0, 0.05) is 17.5 Å². The van der Waals surface area contributed by atoms with E-state index in [1.165, 1.54) is 0 Å². The Kier molecular flexibility index (Phi) is 3.28. The predicted octanol–water partition coefficient (Wildman–Crippen LogP) is 2.59. The van der Waals surface area contributed by atoms with Crippen LogP contribution in [0.25, 0.3) is 11.8 Å². The number of carboxylic acids is 1.